The van der Waals surface area contributed by atoms with Crippen LogP contribution < -0.4 is 10.6 Å². The van der Waals surface area contributed by atoms with Gasteiger partial charge in [-0.25, -0.2) is 4.79 Å². The topological polar surface area (TPSA) is 160 Å². The Morgan fingerprint density at radius 1 is 1.14 bits per heavy atom. The van der Waals surface area contributed by atoms with E-state index in [1.54, 1.807) is 23.7 Å². The van der Waals surface area contributed by atoms with Crippen molar-refractivity contribution in [2.75, 3.05) is 11.9 Å². The van der Waals surface area contributed by atoms with Gasteiger partial charge in [-0.15, -0.1) is 0 Å². The van der Waals surface area contributed by atoms with E-state index in [9.17, 15) is 29.4 Å². The molecule has 0 spiro atoms. The fraction of sp³-hybridized carbons (Fsp3) is 0.269. The van der Waals surface area contributed by atoms with Crippen LogP contribution in [0, 0.1) is 13.8 Å². The van der Waals surface area contributed by atoms with Crippen LogP contribution in [0.25, 0.3) is 0 Å². The highest BCUT2D eigenvalue weighted by Gasteiger charge is 2.48. The van der Waals surface area contributed by atoms with Crippen molar-refractivity contribution in [1.82, 2.24) is 15.1 Å². The number of aliphatic hydroxyl groups is 1. The maximum absolute atomic E-state index is 12.8. The van der Waals surface area contributed by atoms with Gasteiger partial charge >= 0.3 is 11.9 Å². The van der Waals surface area contributed by atoms with Gasteiger partial charge in [0.05, 0.1) is 25.3 Å². The molecule has 1 aliphatic heterocycles. The molecule has 2 aromatic carbocycles. The number of carboxylic acids is 1. The van der Waals surface area contributed by atoms with Crippen molar-refractivity contribution in [1.29, 1.82) is 0 Å². The van der Waals surface area contributed by atoms with Crippen molar-refractivity contribution >= 4 is 29.4 Å². The fourth-order valence-corrected chi connectivity index (χ4v) is 4.22. The molecule has 0 saturated carbocycles. The van der Waals surface area contributed by atoms with E-state index >= 15 is 0 Å². The molecule has 0 radical (unpaired) electrons. The summed E-state index contributed by atoms with van der Waals surface area (Å²) in [4.78, 5) is 48.1. The average molecular weight is 507 g/mol. The molecule has 1 aliphatic rings. The van der Waals surface area contributed by atoms with Crippen LogP contribution in [0.1, 0.15) is 55.7 Å². The molecule has 1 unspecified atom stereocenters. The Balaban J connectivity index is 1.46. The first kappa shape index (κ1) is 25.6. The number of hydrogen-bond donors (Lipinski definition) is 4. The first-order valence-electron chi connectivity index (χ1n) is 11.5. The van der Waals surface area contributed by atoms with E-state index in [-0.39, 0.29) is 29.1 Å². The molecule has 4 N–H and O–H groups in total. The van der Waals surface area contributed by atoms with E-state index in [2.05, 4.69) is 10.4 Å². The van der Waals surface area contributed by atoms with Crippen LogP contribution in [0.3, 0.4) is 0 Å². The van der Waals surface area contributed by atoms with Crippen molar-refractivity contribution in [2.24, 2.45) is 0 Å². The molecule has 0 aliphatic carbocycles. The van der Waals surface area contributed by atoms with Crippen LogP contribution in [-0.4, -0.2) is 50.4 Å². The number of carboxylic acid groups (broad SMARTS) is 1. The third-order valence-corrected chi connectivity index (χ3v) is 6.22. The second kappa shape index (κ2) is 9.86. The van der Waals surface area contributed by atoms with Gasteiger partial charge in [0.25, 0.3) is 17.5 Å². The number of rotatable bonds is 8. The zero-order chi connectivity index (χ0) is 26.9. The van der Waals surface area contributed by atoms with E-state index in [4.69, 9.17) is 4.74 Å². The summed E-state index contributed by atoms with van der Waals surface area (Å²) in [5.74, 6) is -3.22. The summed E-state index contributed by atoms with van der Waals surface area (Å²) in [5, 5.41) is 29.0. The number of carbonyl (C=O) groups excluding carboxylic acids is 3. The van der Waals surface area contributed by atoms with Crippen molar-refractivity contribution in [2.45, 2.75) is 39.5 Å². The predicted molar refractivity (Wildman–Crippen MR) is 131 cm³/mol. The Kier molecular flexibility index (Phi) is 6.82. The summed E-state index contributed by atoms with van der Waals surface area (Å²) in [6.45, 7) is 6.29. The molecular formula is C26H26N4O7. The number of benzene rings is 2. The highest BCUT2D eigenvalue weighted by Crippen LogP contribution is 2.30. The van der Waals surface area contributed by atoms with Gasteiger partial charge in [-0.05, 0) is 56.7 Å². The van der Waals surface area contributed by atoms with Crippen LogP contribution in [0.2, 0.25) is 0 Å². The number of aromatic nitrogens is 2. The molecule has 2 heterocycles. The second-order valence-corrected chi connectivity index (χ2v) is 8.67. The van der Waals surface area contributed by atoms with Gasteiger partial charge in [0.2, 0.25) is 0 Å². The molecule has 37 heavy (non-hydrogen) atoms. The molecule has 0 bridgehead atoms. The van der Waals surface area contributed by atoms with Crippen LogP contribution in [0.5, 0.6) is 0 Å². The summed E-state index contributed by atoms with van der Waals surface area (Å²) in [7, 11) is 0. The normalized spacial score (nSPS) is 16.2. The molecule has 3 aromatic rings. The van der Waals surface area contributed by atoms with Crippen molar-refractivity contribution in [3.8, 4) is 0 Å². The number of anilines is 1. The second-order valence-electron chi connectivity index (χ2n) is 8.67. The summed E-state index contributed by atoms with van der Waals surface area (Å²) in [6, 6.07) is 10.9. The van der Waals surface area contributed by atoms with Gasteiger partial charge in [-0.1, -0.05) is 12.1 Å². The first-order valence-corrected chi connectivity index (χ1v) is 11.5. The van der Waals surface area contributed by atoms with Gasteiger partial charge in [-0.2, -0.15) is 5.10 Å². The molecule has 1 aromatic heterocycles. The monoisotopic (exact) mass is 506 g/mol. The van der Waals surface area contributed by atoms with Crippen LogP contribution >= 0.6 is 0 Å². The van der Waals surface area contributed by atoms with Gasteiger partial charge < -0.3 is 25.6 Å². The highest BCUT2D eigenvalue weighted by molar-refractivity contribution is 6.08. The quantitative estimate of drug-likeness (QED) is 0.337. The number of carbonyl (C=O) groups is 4. The molecular weight excluding hydrogens is 480 g/mol. The maximum atomic E-state index is 12.8. The van der Waals surface area contributed by atoms with Gasteiger partial charge in [0, 0.05) is 33.6 Å². The van der Waals surface area contributed by atoms with Crippen LogP contribution in [-0.2, 0) is 33.0 Å². The number of nitrogens with zero attached hydrogens (tertiary/aromatic N) is 2. The Bertz CT molecular complexity index is 1410. The Labute approximate surface area is 212 Å². The Morgan fingerprint density at radius 3 is 2.49 bits per heavy atom. The molecule has 192 valence electrons. The molecule has 1 atom stereocenters. The molecule has 0 saturated heterocycles. The zero-order valence-electron chi connectivity index (χ0n) is 20.5. The number of hydrogen-bond acceptors (Lipinski definition) is 7. The van der Waals surface area contributed by atoms with Gasteiger partial charge in [-0.3, -0.25) is 19.1 Å². The predicted octanol–water partition coefficient (Wildman–Crippen LogP) is 1.88. The van der Waals surface area contributed by atoms with Crippen molar-refractivity contribution in [3.63, 3.8) is 0 Å². The number of fused-ring (bicyclic) bond motifs is 1. The maximum Gasteiger partial charge on any atom is 0.362 e. The van der Waals surface area contributed by atoms with Crippen LogP contribution in [0.4, 0.5) is 5.69 Å². The molecule has 11 nitrogen and oxygen atoms in total. The lowest BCUT2D eigenvalue weighted by Gasteiger charge is -2.18. The van der Waals surface area contributed by atoms with Crippen LogP contribution in [0.15, 0.2) is 42.5 Å². The third-order valence-electron chi connectivity index (χ3n) is 6.22. The third kappa shape index (κ3) is 4.94. The van der Waals surface area contributed by atoms with E-state index in [1.165, 1.54) is 18.2 Å². The minimum absolute atomic E-state index is 0.0135. The van der Waals surface area contributed by atoms with Gasteiger partial charge in [0.15, 0.2) is 0 Å². The summed E-state index contributed by atoms with van der Waals surface area (Å²) >= 11 is 0. The summed E-state index contributed by atoms with van der Waals surface area (Å²) in [6.07, 6.45) is 0.160. The minimum Gasteiger partial charge on any atom is -0.477 e. The largest absolute Gasteiger partial charge is 0.477 e. The van der Waals surface area contributed by atoms with E-state index < -0.39 is 23.5 Å². The smallest absolute Gasteiger partial charge is 0.362 e. The fourth-order valence-electron chi connectivity index (χ4n) is 4.22. The lowest BCUT2D eigenvalue weighted by atomic mass is 9.98. The van der Waals surface area contributed by atoms with E-state index in [0.717, 1.165) is 22.5 Å². The minimum atomic E-state index is -2.59. The van der Waals surface area contributed by atoms with Crippen molar-refractivity contribution in [3.05, 3.63) is 81.7 Å². The molecule has 4 rings (SSSR count). The lowest BCUT2D eigenvalue weighted by Crippen LogP contribution is -2.46. The first-order chi connectivity index (χ1) is 17.5. The summed E-state index contributed by atoms with van der Waals surface area (Å²) in [5.41, 5.74) is 1.15. The number of amides is 2. The molecule has 0 fully saturated rings. The number of nitrogens with one attached hydrogen (secondary N) is 2. The lowest BCUT2D eigenvalue weighted by molar-refractivity contribution is -0.161. The zero-order valence-corrected chi connectivity index (χ0v) is 20.5. The van der Waals surface area contributed by atoms with Gasteiger partial charge in [0.1, 0.15) is 0 Å². The van der Waals surface area contributed by atoms with E-state index in [1.807, 2.05) is 31.3 Å². The number of ether oxygens (including phenoxy) is 1. The molecule has 2 amide bonds. The Morgan fingerprint density at radius 2 is 1.84 bits per heavy atom. The van der Waals surface area contributed by atoms with E-state index in [0.29, 0.717) is 18.8 Å². The average Bonchev–Trinajstić information content (AvgIpc) is 3.27. The summed E-state index contributed by atoms with van der Waals surface area (Å²) < 4.78 is 6.85. The number of esters is 1. The SMILES string of the molecule is CCOC(=O)Cc1c(C)nn(Cc2ccc(NC(=O)c3ccc4c(c3)C(O)(C(=O)O)NC4=O)cc2)c1C. The number of aliphatic carboxylic acids is 1. The molecule has 11 heteroatoms. The standard InChI is InChI=1S/C26H26N4O7/c1-4-37-22(31)12-20-14(2)29-30(15(20)3)13-16-5-8-18(9-6-16)27-23(32)17-7-10-19-21(11-17)26(36,25(34)35)28-24(19)33/h5-11,36H,4,12-13H2,1-3H3,(H,27,32)(H,28,33)(H,34,35). The van der Waals surface area contributed by atoms with Crippen molar-refractivity contribution < 1.29 is 34.1 Å². The highest BCUT2D eigenvalue weighted by atomic mass is 16.5. The Hall–Kier alpha value is -4.51. The number of aryl methyl sites for hydroxylation is 1.